The highest BCUT2D eigenvalue weighted by Gasteiger charge is 2.27. The standard InChI is InChI=1S/C16H24N4O3/c1-2-23-16(22)12-4-3-9-20(11-12)14-6-5-13(10-18-14)19-15(21)7-8-17/h5-6,10,12H,2-4,7-9,11,17H2,1H3,(H,19,21). The van der Waals surface area contributed by atoms with Crippen molar-refractivity contribution in [2.45, 2.75) is 26.2 Å². The summed E-state index contributed by atoms with van der Waals surface area (Å²) in [5.41, 5.74) is 5.99. The first kappa shape index (κ1) is 17.2. The number of anilines is 2. The van der Waals surface area contributed by atoms with Crippen LogP contribution in [0.5, 0.6) is 0 Å². The number of rotatable bonds is 6. The summed E-state index contributed by atoms with van der Waals surface area (Å²) < 4.78 is 5.11. The summed E-state index contributed by atoms with van der Waals surface area (Å²) in [5, 5.41) is 2.74. The lowest BCUT2D eigenvalue weighted by Crippen LogP contribution is -2.39. The van der Waals surface area contributed by atoms with E-state index >= 15 is 0 Å². The maximum Gasteiger partial charge on any atom is 0.310 e. The second-order valence-electron chi connectivity index (χ2n) is 5.53. The summed E-state index contributed by atoms with van der Waals surface area (Å²) in [6.45, 7) is 4.02. The second kappa shape index (κ2) is 8.47. The van der Waals surface area contributed by atoms with Gasteiger partial charge in [0, 0.05) is 26.1 Å². The monoisotopic (exact) mass is 320 g/mol. The molecular formula is C16H24N4O3. The smallest absolute Gasteiger partial charge is 0.310 e. The normalized spacial score (nSPS) is 17.7. The zero-order valence-corrected chi connectivity index (χ0v) is 13.5. The minimum atomic E-state index is -0.136. The van der Waals surface area contributed by atoms with Gasteiger partial charge in [-0.25, -0.2) is 4.98 Å². The van der Waals surface area contributed by atoms with E-state index in [0.29, 0.717) is 25.4 Å². The minimum Gasteiger partial charge on any atom is -0.466 e. The van der Waals surface area contributed by atoms with Crippen LogP contribution in [-0.2, 0) is 14.3 Å². The fraction of sp³-hybridized carbons (Fsp3) is 0.562. The zero-order chi connectivity index (χ0) is 16.7. The lowest BCUT2D eigenvalue weighted by Gasteiger charge is -2.32. The number of amides is 1. The van der Waals surface area contributed by atoms with Gasteiger partial charge in [0.15, 0.2) is 0 Å². The Morgan fingerprint density at radius 1 is 1.48 bits per heavy atom. The Morgan fingerprint density at radius 2 is 2.30 bits per heavy atom. The number of hydrogen-bond donors (Lipinski definition) is 2. The van der Waals surface area contributed by atoms with Crippen molar-refractivity contribution in [3.05, 3.63) is 18.3 Å². The number of ether oxygens (including phenoxy) is 1. The van der Waals surface area contributed by atoms with E-state index in [2.05, 4.69) is 15.2 Å². The van der Waals surface area contributed by atoms with E-state index in [1.807, 2.05) is 19.1 Å². The molecule has 3 N–H and O–H groups in total. The fourth-order valence-electron chi connectivity index (χ4n) is 2.64. The van der Waals surface area contributed by atoms with Crippen molar-refractivity contribution < 1.29 is 14.3 Å². The average Bonchev–Trinajstić information content (AvgIpc) is 2.56. The highest BCUT2D eigenvalue weighted by molar-refractivity contribution is 5.90. The summed E-state index contributed by atoms with van der Waals surface area (Å²) in [5.74, 6) is 0.440. The van der Waals surface area contributed by atoms with Gasteiger partial charge in [0.2, 0.25) is 5.91 Å². The topological polar surface area (TPSA) is 97.5 Å². The molecular weight excluding hydrogens is 296 g/mol. The van der Waals surface area contributed by atoms with Crippen molar-refractivity contribution in [2.24, 2.45) is 11.7 Å². The first-order valence-corrected chi connectivity index (χ1v) is 8.01. The van der Waals surface area contributed by atoms with Gasteiger partial charge in [-0.05, 0) is 31.9 Å². The minimum absolute atomic E-state index is 0.102. The van der Waals surface area contributed by atoms with Gasteiger partial charge < -0.3 is 20.7 Å². The Morgan fingerprint density at radius 3 is 2.96 bits per heavy atom. The van der Waals surface area contributed by atoms with Crippen LogP contribution < -0.4 is 16.0 Å². The van der Waals surface area contributed by atoms with Crippen LogP contribution >= 0.6 is 0 Å². The van der Waals surface area contributed by atoms with Crippen LogP contribution in [0.4, 0.5) is 11.5 Å². The van der Waals surface area contributed by atoms with Gasteiger partial charge in [0.25, 0.3) is 0 Å². The molecule has 126 valence electrons. The molecule has 7 heteroatoms. The highest BCUT2D eigenvalue weighted by atomic mass is 16.5. The van der Waals surface area contributed by atoms with E-state index in [1.54, 1.807) is 6.20 Å². The van der Waals surface area contributed by atoms with Crippen molar-refractivity contribution in [1.29, 1.82) is 0 Å². The average molecular weight is 320 g/mol. The third kappa shape index (κ3) is 4.92. The molecule has 7 nitrogen and oxygen atoms in total. The van der Waals surface area contributed by atoms with Crippen molar-refractivity contribution >= 4 is 23.4 Å². The first-order chi connectivity index (χ1) is 11.1. The quantitative estimate of drug-likeness (QED) is 0.763. The molecule has 1 amide bonds. The number of pyridine rings is 1. The van der Waals surface area contributed by atoms with Crippen molar-refractivity contribution in [2.75, 3.05) is 36.5 Å². The number of hydrogen-bond acceptors (Lipinski definition) is 6. The highest BCUT2D eigenvalue weighted by Crippen LogP contribution is 2.23. The zero-order valence-electron chi connectivity index (χ0n) is 13.5. The Balaban J connectivity index is 1.96. The van der Waals surface area contributed by atoms with Gasteiger partial charge in [-0.3, -0.25) is 9.59 Å². The number of aromatic nitrogens is 1. The largest absolute Gasteiger partial charge is 0.466 e. The number of nitrogens with one attached hydrogen (secondary N) is 1. The molecule has 0 aromatic carbocycles. The fourth-order valence-corrected chi connectivity index (χ4v) is 2.64. The van der Waals surface area contributed by atoms with Crippen LogP contribution in [0.3, 0.4) is 0 Å². The van der Waals surface area contributed by atoms with E-state index in [-0.39, 0.29) is 24.2 Å². The molecule has 1 atom stereocenters. The van der Waals surface area contributed by atoms with Crippen LogP contribution in [0.1, 0.15) is 26.2 Å². The third-order valence-electron chi connectivity index (χ3n) is 3.77. The maximum absolute atomic E-state index is 11.9. The molecule has 0 aliphatic carbocycles. The summed E-state index contributed by atoms with van der Waals surface area (Å²) >= 11 is 0. The van der Waals surface area contributed by atoms with E-state index in [9.17, 15) is 9.59 Å². The Hall–Kier alpha value is -2.15. The number of nitrogens with zero attached hydrogens (tertiary/aromatic N) is 2. The molecule has 1 aromatic rings. The second-order valence-corrected chi connectivity index (χ2v) is 5.53. The Bertz CT molecular complexity index is 533. The lowest BCUT2D eigenvalue weighted by molar-refractivity contribution is -0.148. The van der Waals surface area contributed by atoms with Crippen LogP contribution in [0.2, 0.25) is 0 Å². The van der Waals surface area contributed by atoms with Crippen molar-refractivity contribution in [3.8, 4) is 0 Å². The number of nitrogens with two attached hydrogens (primary N) is 1. The molecule has 1 unspecified atom stereocenters. The van der Waals surface area contributed by atoms with Crippen LogP contribution in [-0.4, -0.2) is 43.1 Å². The third-order valence-corrected chi connectivity index (χ3v) is 3.77. The van der Waals surface area contributed by atoms with Crippen molar-refractivity contribution in [3.63, 3.8) is 0 Å². The molecule has 1 fully saturated rings. The number of piperidine rings is 1. The summed E-state index contributed by atoms with van der Waals surface area (Å²) in [7, 11) is 0. The van der Waals surface area contributed by atoms with E-state index in [1.165, 1.54) is 0 Å². The molecule has 1 aliphatic rings. The SMILES string of the molecule is CCOC(=O)C1CCCN(c2ccc(NC(=O)CCN)cn2)C1. The van der Waals surface area contributed by atoms with Crippen molar-refractivity contribution in [1.82, 2.24) is 4.98 Å². The van der Waals surface area contributed by atoms with E-state index < -0.39 is 0 Å². The maximum atomic E-state index is 11.9. The summed E-state index contributed by atoms with van der Waals surface area (Å²) in [6.07, 6.45) is 3.69. The van der Waals surface area contributed by atoms with Gasteiger partial charge in [-0.2, -0.15) is 0 Å². The number of carbonyl (C=O) groups is 2. The molecule has 1 aromatic heterocycles. The van der Waals surface area contributed by atoms with E-state index in [0.717, 1.165) is 25.2 Å². The molecule has 0 bridgehead atoms. The lowest BCUT2D eigenvalue weighted by atomic mass is 9.98. The molecule has 0 saturated carbocycles. The predicted molar refractivity (Wildman–Crippen MR) is 88.1 cm³/mol. The van der Waals surface area contributed by atoms with Crippen LogP contribution in [0.25, 0.3) is 0 Å². The van der Waals surface area contributed by atoms with Gasteiger partial charge in [-0.15, -0.1) is 0 Å². The molecule has 23 heavy (non-hydrogen) atoms. The predicted octanol–water partition coefficient (Wildman–Crippen LogP) is 1.15. The molecule has 2 heterocycles. The van der Waals surface area contributed by atoms with Crippen LogP contribution in [0.15, 0.2) is 18.3 Å². The molecule has 0 radical (unpaired) electrons. The number of esters is 1. The Kier molecular flexibility index (Phi) is 6.34. The molecule has 1 aliphatic heterocycles. The molecule has 0 spiro atoms. The van der Waals surface area contributed by atoms with Gasteiger partial charge in [-0.1, -0.05) is 0 Å². The van der Waals surface area contributed by atoms with Crippen LogP contribution in [0, 0.1) is 5.92 Å². The molecule has 1 saturated heterocycles. The Labute approximate surface area is 136 Å². The van der Waals surface area contributed by atoms with Gasteiger partial charge >= 0.3 is 5.97 Å². The van der Waals surface area contributed by atoms with E-state index in [4.69, 9.17) is 10.5 Å². The van der Waals surface area contributed by atoms with Gasteiger partial charge in [0.1, 0.15) is 5.82 Å². The molecule has 2 rings (SSSR count). The first-order valence-electron chi connectivity index (χ1n) is 8.01. The summed E-state index contributed by atoms with van der Waals surface area (Å²) in [6, 6.07) is 3.66. The van der Waals surface area contributed by atoms with Gasteiger partial charge in [0.05, 0.1) is 24.4 Å². The summed E-state index contributed by atoms with van der Waals surface area (Å²) in [4.78, 5) is 29.8. The number of carbonyl (C=O) groups excluding carboxylic acids is 2.